The number of hydrogen-bond acceptors (Lipinski definition) is 4. The van der Waals surface area contributed by atoms with Gasteiger partial charge in [0.05, 0.1) is 11.6 Å². The fourth-order valence-corrected chi connectivity index (χ4v) is 4.61. The molecule has 0 aliphatic rings. The van der Waals surface area contributed by atoms with E-state index in [-0.39, 0.29) is 15.8 Å². The van der Waals surface area contributed by atoms with Crippen LogP contribution in [0, 0.1) is 0 Å². The quantitative estimate of drug-likeness (QED) is 0.718. The molecule has 1 N–H and O–H groups in total. The Morgan fingerprint density at radius 3 is 2.48 bits per heavy atom. The Bertz CT molecular complexity index is 912. The number of ether oxygens (including phenoxy) is 1. The average molecular weight is 411 g/mol. The van der Waals surface area contributed by atoms with Crippen LogP contribution >= 0.6 is 11.6 Å². The summed E-state index contributed by atoms with van der Waals surface area (Å²) in [6, 6.07) is 11.4. The zero-order valence-electron chi connectivity index (χ0n) is 15.5. The summed E-state index contributed by atoms with van der Waals surface area (Å²) in [7, 11) is -2.15. The van der Waals surface area contributed by atoms with Crippen molar-refractivity contribution in [2.45, 2.75) is 25.3 Å². The topological polar surface area (TPSA) is 75.7 Å². The number of nitrogens with zero attached hydrogens (tertiary/aromatic N) is 1. The molecule has 2 aromatic rings. The van der Waals surface area contributed by atoms with Gasteiger partial charge in [-0.05, 0) is 35.9 Å². The minimum Gasteiger partial charge on any atom is -0.380 e. The molecule has 0 heterocycles. The van der Waals surface area contributed by atoms with Crippen molar-refractivity contribution < 1.29 is 17.9 Å². The lowest BCUT2D eigenvalue weighted by Crippen LogP contribution is -2.30. The lowest BCUT2D eigenvalue weighted by Gasteiger charge is -2.19. The molecule has 0 aromatic heterocycles. The monoisotopic (exact) mass is 410 g/mol. The summed E-state index contributed by atoms with van der Waals surface area (Å²) in [5, 5.41) is 2.83. The maximum atomic E-state index is 12.8. The number of sulfonamides is 1. The van der Waals surface area contributed by atoms with Crippen LogP contribution in [-0.2, 0) is 21.4 Å². The number of amides is 1. The molecule has 0 aliphatic heterocycles. The van der Waals surface area contributed by atoms with Crippen molar-refractivity contribution in [3.05, 3.63) is 58.6 Å². The summed E-state index contributed by atoms with van der Waals surface area (Å²) in [6.07, 6.45) is 0. The number of anilines is 1. The Kier molecular flexibility index (Phi) is 7.38. The first-order chi connectivity index (χ1) is 12.8. The van der Waals surface area contributed by atoms with E-state index in [1.807, 2.05) is 6.07 Å². The van der Waals surface area contributed by atoms with Crippen LogP contribution in [0.15, 0.2) is 47.4 Å². The normalized spacial score (nSPS) is 11.6. The molecule has 1 amide bonds. The van der Waals surface area contributed by atoms with Gasteiger partial charge < -0.3 is 10.1 Å². The highest BCUT2D eigenvalue weighted by Gasteiger charge is 2.25. The highest BCUT2D eigenvalue weighted by molar-refractivity contribution is 7.89. The van der Waals surface area contributed by atoms with Crippen LogP contribution in [0.1, 0.15) is 29.8 Å². The second-order valence-corrected chi connectivity index (χ2v) is 8.14. The molecule has 0 radical (unpaired) electrons. The minimum absolute atomic E-state index is 0.0289. The fraction of sp³-hybridized carbons (Fsp3) is 0.316. The molecule has 0 aliphatic carbocycles. The predicted octanol–water partition coefficient (Wildman–Crippen LogP) is 3.77. The minimum atomic E-state index is -3.74. The van der Waals surface area contributed by atoms with Gasteiger partial charge in [0, 0.05) is 31.5 Å². The molecule has 0 saturated heterocycles. The zero-order valence-corrected chi connectivity index (χ0v) is 17.1. The standard InChI is InChI=1S/C19H23ClN2O4S/c1-4-22(5-2)27(24,25)18-12-16(9-10-17(18)20)21-19(23)15-8-6-7-14(11-15)13-26-3/h6-12H,4-5,13H2,1-3H3,(H,21,23). The molecule has 0 atom stereocenters. The average Bonchev–Trinajstić information content (AvgIpc) is 2.64. The van der Waals surface area contributed by atoms with E-state index in [0.29, 0.717) is 30.9 Å². The first-order valence-electron chi connectivity index (χ1n) is 8.52. The predicted molar refractivity (Wildman–Crippen MR) is 107 cm³/mol. The van der Waals surface area contributed by atoms with E-state index < -0.39 is 10.0 Å². The largest absolute Gasteiger partial charge is 0.380 e. The van der Waals surface area contributed by atoms with Crippen molar-refractivity contribution in [2.75, 3.05) is 25.5 Å². The van der Waals surface area contributed by atoms with Crippen LogP contribution in [0.25, 0.3) is 0 Å². The number of nitrogens with one attached hydrogen (secondary N) is 1. The highest BCUT2D eigenvalue weighted by Crippen LogP contribution is 2.28. The third kappa shape index (κ3) is 5.07. The van der Waals surface area contributed by atoms with Crippen LogP contribution < -0.4 is 5.32 Å². The Hall–Kier alpha value is -1.93. The van der Waals surface area contributed by atoms with Gasteiger partial charge in [-0.3, -0.25) is 4.79 Å². The summed E-state index contributed by atoms with van der Waals surface area (Å²) in [6.45, 7) is 4.57. The summed E-state index contributed by atoms with van der Waals surface area (Å²) >= 11 is 6.12. The van der Waals surface area contributed by atoms with Gasteiger partial charge in [0.25, 0.3) is 5.91 Å². The van der Waals surface area contributed by atoms with E-state index >= 15 is 0 Å². The molecule has 2 rings (SSSR count). The number of carbonyl (C=O) groups excluding carboxylic acids is 1. The van der Waals surface area contributed by atoms with Gasteiger partial charge in [0.1, 0.15) is 4.90 Å². The van der Waals surface area contributed by atoms with Crippen molar-refractivity contribution in [3.63, 3.8) is 0 Å². The second-order valence-electron chi connectivity index (χ2n) is 5.82. The first kappa shape index (κ1) is 21.4. The van der Waals surface area contributed by atoms with Gasteiger partial charge in [-0.25, -0.2) is 8.42 Å². The molecule has 0 unspecified atom stereocenters. The molecule has 0 fully saturated rings. The van der Waals surface area contributed by atoms with Gasteiger partial charge in [-0.15, -0.1) is 0 Å². The van der Waals surface area contributed by atoms with E-state index in [1.54, 1.807) is 45.2 Å². The maximum Gasteiger partial charge on any atom is 0.255 e. The van der Waals surface area contributed by atoms with E-state index in [1.165, 1.54) is 16.4 Å². The van der Waals surface area contributed by atoms with Crippen molar-refractivity contribution in [1.82, 2.24) is 4.31 Å². The first-order valence-corrected chi connectivity index (χ1v) is 10.3. The number of rotatable bonds is 8. The zero-order chi connectivity index (χ0) is 20.0. The van der Waals surface area contributed by atoms with Crippen LogP contribution in [-0.4, -0.2) is 38.8 Å². The maximum absolute atomic E-state index is 12.8. The molecule has 8 heteroatoms. The molecular formula is C19H23ClN2O4S. The van der Waals surface area contributed by atoms with Gasteiger partial charge in [0.2, 0.25) is 10.0 Å². The summed E-state index contributed by atoms with van der Waals surface area (Å²) in [5.74, 6) is -0.346. The second kappa shape index (κ2) is 9.32. The lowest BCUT2D eigenvalue weighted by molar-refractivity contribution is 0.102. The van der Waals surface area contributed by atoms with E-state index in [2.05, 4.69) is 5.32 Å². The summed E-state index contributed by atoms with van der Waals surface area (Å²) in [4.78, 5) is 12.5. The molecule has 6 nitrogen and oxygen atoms in total. The van der Waals surface area contributed by atoms with Crippen LogP contribution in [0.4, 0.5) is 5.69 Å². The lowest BCUT2D eigenvalue weighted by atomic mass is 10.1. The summed E-state index contributed by atoms with van der Waals surface area (Å²) < 4.78 is 31.9. The van der Waals surface area contributed by atoms with Crippen molar-refractivity contribution in [1.29, 1.82) is 0 Å². The van der Waals surface area contributed by atoms with Gasteiger partial charge >= 0.3 is 0 Å². The number of hydrogen-bond donors (Lipinski definition) is 1. The Balaban J connectivity index is 2.30. The van der Waals surface area contributed by atoms with Gasteiger partial charge in [-0.1, -0.05) is 37.6 Å². The van der Waals surface area contributed by atoms with Crippen LogP contribution in [0.5, 0.6) is 0 Å². The number of methoxy groups -OCH3 is 1. The van der Waals surface area contributed by atoms with E-state index in [9.17, 15) is 13.2 Å². The Morgan fingerprint density at radius 1 is 1.15 bits per heavy atom. The summed E-state index contributed by atoms with van der Waals surface area (Å²) in [5.41, 5.74) is 1.67. The Morgan fingerprint density at radius 2 is 1.85 bits per heavy atom. The third-order valence-electron chi connectivity index (χ3n) is 4.01. The van der Waals surface area contributed by atoms with Crippen LogP contribution in [0.3, 0.4) is 0 Å². The van der Waals surface area contributed by atoms with Crippen molar-refractivity contribution in [3.8, 4) is 0 Å². The molecule has 27 heavy (non-hydrogen) atoms. The number of carbonyl (C=O) groups is 1. The van der Waals surface area contributed by atoms with Gasteiger partial charge in [-0.2, -0.15) is 4.31 Å². The third-order valence-corrected chi connectivity index (χ3v) is 6.54. The smallest absolute Gasteiger partial charge is 0.255 e. The SMILES string of the molecule is CCN(CC)S(=O)(=O)c1cc(NC(=O)c2cccc(COC)c2)ccc1Cl. The molecule has 2 aromatic carbocycles. The van der Waals surface area contributed by atoms with Crippen LogP contribution in [0.2, 0.25) is 5.02 Å². The Labute approximate surface area is 165 Å². The molecule has 146 valence electrons. The van der Waals surface area contributed by atoms with E-state index in [0.717, 1.165) is 5.56 Å². The van der Waals surface area contributed by atoms with Crippen molar-refractivity contribution >= 4 is 33.2 Å². The van der Waals surface area contributed by atoms with Crippen molar-refractivity contribution in [2.24, 2.45) is 0 Å². The van der Waals surface area contributed by atoms with E-state index in [4.69, 9.17) is 16.3 Å². The fourth-order valence-electron chi connectivity index (χ4n) is 2.65. The number of benzene rings is 2. The molecule has 0 spiro atoms. The highest BCUT2D eigenvalue weighted by atomic mass is 35.5. The van der Waals surface area contributed by atoms with Gasteiger partial charge in [0.15, 0.2) is 0 Å². The number of halogens is 1. The molecular weight excluding hydrogens is 388 g/mol. The molecule has 0 bridgehead atoms. The molecule has 0 saturated carbocycles.